The van der Waals surface area contributed by atoms with Crippen molar-refractivity contribution in [2.45, 2.75) is 19.4 Å². The summed E-state index contributed by atoms with van der Waals surface area (Å²) in [4.78, 5) is 28.7. The van der Waals surface area contributed by atoms with Crippen molar-refractivity contribution in [2.24, 2.45) is 0 Å². The molecule has 1 aromatic carbocycles. The Morgan fingerprint density at radius 2 is 2.05 bits per heavy atom. The van der Waals surface area contributed by atoms with Crippen LogP contribution < -0.4 is 0 Å². The van der Waals surface area contributed by atoms with Gasteiger partial charge in [0.1, 0.15) is 0 Å². The number of H-pyrrole nitrogens is 1. The number of carbonyl (C=O) groups excluding carboxylic acids is 1. The van der Waals surface area contributed by atoms with Crippen molar-refractivity contribution in [1.82, 2.24) is 9.88 Å². The van der Waals surface area contributed by atoms with Gasteiger partial charge in [-0.1, -0.05) is 24.3 Å². The number of rotatable bonds is 2. The molecule has 1 aliphatic rings. The molecule has 1 atom stereocenters. The number of aromatic amines is 1. The number of amides is 1. The molecule has 0 fully saturated rings. The summed E-state index contributed by atoms with van der Waals surface area (Å²) in [6, 6.07) is 6.50. The number of carboxylic acid groups (broad SMARTS) is 1. The molecule has 2 aromatic rings. The zero-order valence-corrected chi connectivity index (χ0v) is 11.7. The van der Waals surface area contributed by atoms with Gasteiger partial charge in [-0.25, -0.2) is 4.79 Å². The van der Waals surface area contributed by atoms with Crippen LogP contribution in [-0.4, -0.2) is 33.4 Å². The molecular weight excluding hydrogens is 268 g/mol. The molecular formula is C16H16N2O3. The van der Waals surface area contributed by atoms with Gasteiger partial charge in [0.05, 0.1) is 5.56 Å². The minimum atomic E-state index is -0.997. The number of nitrogens with zero attached hydrogens (tertiary/aromatic N) is 1. The fourth-order valence-corrected chi connectivity index (χ4v) is 2.88. The largest absolute Gasteiger partial charge is 0.479 e. The number of aryl methyl sites for hydroxylation is 1. The lowest BCUT2D eigenvalue weighted by Crippen LogP contribution is -2.43. The molecule has 2 heterocycles. The summed E-state index contributed by atoms with van der Waals surface area (Å²) >= 11 is 0. The number of carbonyl (C=O) groups is 2. The highest BCUT2D eigenvalue weighted by Crippen LogP contribution is 2.31. The highest BCUT2D eigenvalue weighted by molar-refractivity contribution is 5.98. The third-order valence-corrected chi connectivity index (χ3v) is 3.96. The van der Waals surface area contributed by atoms with Crippen molar-refractivity contribution in [3.63, 3.8) is 0 Å². The van der Waals surface area contributed by atoms with E-state index in [1.54, 1.807) is 18.5 Å². The minimum Gasteiger partial charge on any atom is -0.479 e. The van der Waals surface area contributed by atoms with E-state index in [4.69, 9.17) is 0 Å². The first-order valence-electron chi connectivity index (χ1n) is 6.84. The smallest absolute Gasteiger partial charge is 0.331 e. The van der Waals surface area contributed by atoms with E-state index in [0.717, 1.165) is 11.1 Å². The van der Waals surface area contributed by atoms with Gasteiger partial charge in [0.2, 0.25) is 0 Å². The van der Waals surface area contributed by atoms with E-state index in [9.17, 15) is 14.7 Å². The van der Waals surface area contributed by atoms with Gasteiger partial charge in [0, 0.05) is 18.9 Å². The summed E-state index contributed by atoms with van der Waals surface area (Å²) in [5.41, 5.74) is 3.06. The van der Waals surface area contributed by atoms with Crippen LogP contribution >= 0.6 is 0 Å². The van der Waals surface area contributed by atoms with E-state index >= 15 is 0 Å². The Labute approximate surface area is 122 Å². The number of aromatic nitrogens is 1. The van der Waals surface area contributed by atoms with E-state index < -0.39 is 12.0 Å². The molecule has 1 amide bonds. The topological polar surface area (TPSA) is 73.4 Å². The van der Waals surface area contributed by atoms with Crippen LogP contribution in [0.25, 0.3) is 0 Å². The average Bonchev–Trinajstić information content (AvgIpc) is 2.91. The SMILES string of the molecule is Cc1c[nH]cc1C(=O)N1CCc2ccccc2C1C(=O)O. The number of hydrogen-bond acceptors (Lipinski definition) is 2. The molecule has 21 heavy (non-hydrogen) atoms. The second kappa shape index (κ2) is 5.09. The van der Waals surface area contributed by atoms with E-state index in [1.165, 1.54) is 4.90 Å². The molecule has 0 saturated carbocycles. The summed E-state index contributed by atoms with van der Waals surface area (Å²) in [5, 5.41) is 9.57. The number of carboxylic acids is 1. The van der Waals surface area contributed by atoms with E-state index in [1.807, 2.05) is 25.1 Å². The molecule has 108 valence electrons. The van der Waals surface area contributed by atoms with Crippen LogP contribution in [0.5, 0.6) is 0 Å². The molecule has 0 bridgehead atoms. The molecule has 5 heteroatoms. The molecule has 3 rings (SSSR count). The standard InChI is InChI=1S/C16H16N2O3/c1-10-8-17-9-13(10)15(19)18-7-6-11-4-2-3-5-12(11)14(18)16(20)21/h2-5,8-9,14,17H,6-7H2,1H3,(H,20,21). The second-order valence-electron chi connectivity index (χ2n) is 5.24. The third kappa shape index (κ3) is 2.20. The zero-order valence-electron chi connectivity index (χ0n) is 11.7. The summed E-state index contributed by atoms with van der Waals surface area (Å²) in [6.45, 7) is 2.24. The summed E-state index contributed by atoms with van der Waals surface area (Å²) in [6.07, 6.45) is 4.03. The average molecular weight is 284 g/mol. The predicted octanol–water partition coefficient (Wildman–Crippen LogP) is 2.15. The first-order valence-corrected chi connectivity index (χ1v) is 6.84. The lowest BCUT2D eigenvalue weighted by Gasteiger charge is -2.34. The third-order valence-electron chi connectivity index (χ3n) is 3.96. The molecule has 0 radical (unpaired) electrons. The Morgan fingerprint density at radius 1 is 1.29 bits per heavy atom. The van der Waals surface area contributed by atoms with Crippen LogP contribution in [0.3, 0.4) is 0 Å². The Kier molecular flexibility index (Phi) is 3.25. The molecule has 1 aliphatic heterocycles. The second-order valence-corrected chi connectivity index (χ2v) is 5.24. The highest BCUT2D eigenvalue weighted by Gasteiger charge is 2.36. The Bertz CT molecular complexity index is 705. The van der Waals surface area contributed by atoms with Crippen LogP contribution in [0.4, 0.5) is 0 Å². The van der Waals surface area contributed by atoms with Crippen molar-refractivity contribution < 1.29 is 14.7 Å². The van der Waals surface area contributed by atoms with Crippen LogP contribution in [0, 0.1) is 6.92 Å². The first kappa shape index (κ1) is 13.4. The molecule has 0 aliphatic carbocycles. The lowest BCUT2D eigenvalue weighted by molar-refractivity contribution is -0.143. The van der Waals surface area contributed by atoms with Gasteiger partial charge in [-0.3, -0.25) is 4.79 Å². The van der Waals surface area contributed by atoms with Crippen molar-refractivity contribution in [1.29, 1.82) is 0 Å². The fourth-order valence-electron chi connectivity index (χ4n) is 2.88. The number of aliphatic carboxylic acids is 1. The van der Waals surface area contributed by atoms with Crippen LogP contribution in [0.2, 0.25) is 0 Å². The van der Waals surface area contributed by atoms with E-state index in [2.05, 4.69) is 4.98 Å². The molecule has 1 aromatic heterocycles. The zero-order chi connectivity index (χ0) is 15.0. The first-order chi connectivity index (χ1) is 10.1. The Balaban J connectivity index is 2.02. The molecule has 5 nitrogen and oxygen atoms in total. The van der Waals surface area contributed by atoms with Crippen molar-refractivity contribution in [2.75, 3.05) is 6.54 Å². The quantitative estimate of drug-likeness (QED) is 0.887. The normalized spacial score (nSPS) is 17.4. The molecule has 0 spiro atoms. The maximum Gasteiger partial charge on any atom is 0.331 e. The molecule has 1 unspecified atom stereocenters. The maximum absolute atomic E-state index is 12.6. The predicted molar refractivity (Wildman–Crippen MR) is 77.1 cm³/mol. The Morgan fingerprint density at radius 3 is 2.71 bits per heavy atom. The van der Waals surface area contributed by atoms with Gasteiger partial charge in [0.15, 0.2) is 6.04 Å². The van der Waals surface area contributed by atoms with Crippen LogP contribution in [0.15, 0.2) is 36.7 Å². The van der Waals surface area contributed by atoms with Crippen molar-refractivity contribution >= 4 is 11.9 Å². The number of hydrogen-bond donors (Lipinski definition) is 2. The fraction of sp³-hybridized carbons (Fsp3) is 0.250. The lowest BCUT2D eigenvalue weighted by atomic mass is 9.92. The van der Waals surface area contributed by atoms with Crippen LogP contribution in [0.1, 0.15) is 33.1 Å². The van der Waals surface area contributed by atoms with Gasteiger partial charge < -0.3 is 15.0 Å². The number of benzene rings is 1. The monoisotopic (exact) mass is 284 g/mol. The Hall–Kier alpha value is -2.56. The van der Waals surface area contributed by atoms with Gasteiger partial charge >= 0.3 is 5.97 Å². The van der Waals surface area contributed by atoms with E-state index in [-0.39, 0.29) is 5.91 Å². The minimum absolute atomic E-state index is 0.240. The van der Waals surface area contributed by atoms with Crippen LogP contribution in [-0.2, 0) is 11.2 Å². The summed E-state index contributed by atoms with van der Waals surface area (Å²) in [5.74, 6) is -1.24. The number of fused-ring (bicyclic) bond motifs is 1. The molecule has 2 N–H and O–H groups in total. The number of nitrogens with one attached hydrogen (secondary N) is 1. The van der Waals surface area contributed by atoms with Crippen molar-refractivity contribution in [3.05, 3.63) is 58.9 Å². The van der Waals surface area contributed by atoms with Gasteiger partial charge in [0.25, 0.3) is 5.91 Å². The van der Waals surface area contributed by atoms with Crippen molar-refractivity contribution in [3.8, 4) is 0 Å². The van der Waals surface area contributed by atoms with Gasteiger partial charge in [-0.15, -0.1) is 0 Å². The maximum atomic E-state index is 12.6. The van der Waals surface area contributed by atoms with E-state index in [0.29, 0.717) is 24.1 Å². The summed E-state index contributed by atoms with van der Waals surface area (Å²) in [7, 11) is 0. The van der Waals surface area contributed by atoms with Gasteiger partial charge in [-0.2, -0.15) is 0 Å². The van der Waals surface area contributed by atoms with Gasteiger partial charge in [-0.05, 0) is 30.0 Å². The molecule has 0 saturated heterocycles. The highest BCUT2D eigenvalue weighted by atomic mass is 16.4. The summed E-state index contributed by atoms with van der Waals surface area (Å²) < 4.78 is 0.